The molecule has 0 radical (unpaired) electrons. The van der Waals surface area contributed by atoms with E-state index in [1.165, 1.54) is 30.6 Å². The van der Waals surface area contributed by atoms with Crippen molar-refractivity contribution < 1.29 is 41.8 Å². The molecule has 13 aromatic rings. The Hall–Kier alpha value is -10.4. The Bertz CT molecular complexity index is 3860. The third kappa shape index (κ3) is 7.64. The van der Waals surface area contributed by atoms with Crippen molar-refractivity contribution in [3.05, 3.63) is 199 Å². The molecule has 4 aromatic carbocycles. The predicted molar refractivity (Wildman–Crippen MR) is 266 cm³/mol. The normalized spacial score (nSPS) is 11.5. The van der Waals surface area contributed by atoms with Gasteiger partial charge in [0.1, 0.15) is 34.0 Å². The van der Waals surface area contributed by atoms with Crippen molar-refractivity contribution in [3.8, 4) is 51.0 Å². The number of rotatable bonds is 9. The van der Waals surface area contributed by atoms with Gasteiger partial charge in [-0.1, -0.05) is 12.1 Å². The number of esters is 3. The number of furan rings is 3. The van der Waals surface area contributed by atoms with Gasteiger partial charge >= 0.3 is 17.9 Å². The lowest BCUT2D eigenvalue weighted by atomic mass is 10.1. The lowest BCUT2D eigenvalue weighted by Gasteiger charge is -2.11. The van der Waals surface area contributed by atoms with Crippen molar-refractivity contribution in [2.75, 3.05) is 0 Å². The molecule has 72 heavy (non-hydrogen) atoms. The SMILES string of the molecule is O=C(Oc1ccc(-c2cc3oc4ncccc4c3cn2)cc1)c1cc(C(=O)Oc2ccc(-c3ccc4c(c3)oc3ncccc34)nc2)cc(C(=O)Oc2ccc(-c3ccc4c(c3)oc3ncccc34)nc2)c1. The van der Waals surface area contributed by atoms with Gasteiger partial charge in [0.25, 0.3) is 0 Å². The number of pyridine rings is 6. The third-order valence-corrected chi connectivity index (χ3v) is 12.1. The van der Waals surface area contributed by atoms with E-state index in [9.17, 15) is 14.4 Å². The lowest BCUT2D eigenvalue weighted by molar-refractivity contribution is 0.0734. The van der Waals surface area contributed by atoms with E-state index >= 15 is 0 Å². The van der Waals surface area contributed by atoms with Crippen LogP contribution in [0.2, 0.25) is 0 Å². The Labute approximate surface area is 404 Å². The highest BCUT2D eigenvalue weighted by Gasteiger charge is 2.22. The number of carbonyl (C=O) groups excluding carboxylic acids is 3. The van der Waals surface area contributed by atoms with Gasteiger partial charge in [0.05, 0.1) is 46.2 Å². The topological polar surface area (TPSA) is 196 Å². The summed E-state index contributed by atoms with van der Waals surface area (Å²) < 4.78 is 35.1. The van der Waals surface area contributed by atoms with Crippen LogP contribution in [0.15, 0.2) is 196 Å². The number of ether oxygens (including phenoxy) is 3. The molecule has 13 rings (SSSR count). The molecular formula is C57H30N6O9. The van der Waals surface area contributed by atoms with Crippen LogP contribution in [0.4, 0.5) is 0 Å². The molecule has 0 amide bonds. The molecule has 0 unspecified atom stereocenters. The number of carbonyl (C=O) groups is 3. The first-order valence-electron chi connectivity index (χ1n) is 22.4. The summed E-state index contributed by atoms with van der Waals surface area (Å²) in [6.45, 7) is 0. The Morgan fingerprint density at radius 3 is 1.19 bits per heavy atom. The second kappa shape index (κ2) is 17.0. The maximum atomic E-state index is 13.9. The maximum Gasteiger partial charge on any atom is 0.343 e. The van der Waals surface area contributed by atoms with E-state index in [4.69, 9.17) is 27.5 Å². The van der Waals surface area contributed by atoms with Crippen molar-refractivity contribution in [3.63, 3.8) is 0 Å². The molecule has 0 spiro atoms. The molecule has 0 fully saturated rings. The second-order valence-electron chi connectivity index (χ2n) is 16.6. The minimum absolute atomic E-state index is 0.114. The number of aromatic nitrogens is 6. The predicted octanol–water partition coefficient (Wildman–Crippen LogP) is 12.4. The zero-order chi connectivity index (χ0) is 48.3. The molecule has 0 aliphatic rings. The average molecular weight is 943 g/mol. The molecule has 0 saturated carbocycles. The smallest absolute Gasteiger partial charge is 0.343 e. The Morgan fingerprint density at radius 2 is 0.736 bits per heavy atom. The molecule has 15 heteroatoms. The van der Waals surface area contributed by atoms with Crippen molar-refractivity contribution in [2.24, 2.45) is 0 Å². The molecule has 0 aliphatic heterocycles. The average Bonchev–Trinajstić information content (AvgIpc) is 4.12. The molecule has 0 bridgehead atoms. The lowest BCUT2D eigenvalue weighted by Crippen LogP contribution is -2.17. The van der Waals surface area contributed by atoms with Crippen molar-refractivity contribution >= 4 is 84.1 Å². The summed E-state index contributed by atoms with van der Waals surface area (Å²) in [6.07, 6.45) is 9.54. The fraction of sp³-hybridized carbons (Fsp3) is 0. The van der Waals surface area contributed by atoms with E-state index in [-0.39, 0.29) is 33.9 Å². The van der Waals surface area contributed by atoms with E-state index in [1.807, 2.05) is 78.9 Å². The minimum atomic E-state index is -0.873. The Balaban J connectivity index is 0.759. The monoisotopic (exact) mass is 942 g/mol. The first-order valence-corrected chi connectivity index (χ1v) is 22.4. The molecular weight excluding hydrogens is 913 g/mol. The summed E-state index contributed by atoms with van der Waals surface area (Å²) >= 11 is 0. The molecule has 9 aromatic heterocycles. The first-order chi connectivity index (χ1) is 35.3. The van der Waals surface area contributed by atoms with E-state index in [0.29, 0.717) is 51.0 Å². The van der Waals surface area contributed by atoms with Gasteiger partial charge in [-0.15, -0.1) is 0 Å². The molecule has 0 saturated heterocycles. The summed E-state index contributed by atoms with van der Waals surface area (Å²) in [5.74, 6) is -2.18. The van der Waals surface area contributed by atoms with Crippen molar-refractivity contribution in [2.45, 2.75) is 0 Å². The molecule has 9 heterocycles. The van der Waals surface area contributed by atoms with Gasteiger partial charge in [0.15, 0.2) is 0 Å². The fourth-order valence-electron chi connectivity index (χ4n) is 8.60. The van der Waals surface area contributed by atoms with Crippen LogP contribution in [-0.2, 0) is 0 Å². The quantitative estimate of drug-likeness (QED) is 0.0978. The summed E-state index contributed by atoms with van der Waals surface area (Å²) in [5.41, 5.74) is 7.23. The highest BCUT2D eigenvalue weighted by Crippen LogP contribution is 2.34. The summed E-state index contributed by atoms with van der Waals surface area (Å²) in [6, 6.07) is 41.8. The number of nitrogens with zero attached hydrogens (tertiary/aromatic N) is 6. The van der Waals surface area contributed by atoms with Crippen LogP contribution in [0.5, 0.6) is 17.2 Å². The largest absolute Gasteiger partial charge is 0.438 e. The van der Waals surface area contributed by atoms with Crippen LogP contribution >= 0.6 is 0 Å². The molecule has 0 aliphatic carbocycles. The number of benzene rings is 4. The second-order valence-corrected chi connectivity index (χ2v) is 16.6. The number of hydrogen-bond donors (Lipinski definition) is 0. The van der Waals surface area contributed by atoms with E-state index in [0.717, 1.165) is 49.0 Å². The molecule has 0 N–H and O–H groups in total. The van der Waals surface area contributed by atoms with Crippen molar-refractivity contribution in [1.82, 2.24) is 29.9 Å². The van der Waals surface area contributed by atoms with Crippen LogP contribution in [-0.4, -0.2) is 47.8 Å². The van der Waals surface area contributed by atoms with Gasteiger partial charge in [-0.25, -0.2) is 29.3 Å². The Kier molecular flexibility index (Phi) is 9.84. The highest BCUT2D eigenvalue weighted by atomic mass is 16.5. The van der Waals surface area contributed by atoms with Crippen molar-refractivity contribution in [1.29, 1.82) is 0 Å². The Morgan fingerprint density at radius 1 is 0.333 bits per heavy atom. The van der Waals surface area contributed by atoms with Gasteiger partial charge in [0, 0.05) is 79.9 Å². The molecule has 0 atom stereocenters. The van der Waals surface area contributed by atoms with Crippen LogP contribution in [0, 0.1) is 0 Å². The van der Waals surface area contributed by atoms with Crippen LogP contribution in [0.25, 0.3) is 100.0 Å². The van der Waals surface area contributed by atoms with E-state index in [1.54, 1.807) is 73.3 Å². The zero-order valence-corrected chi connectivity index (χ0v) is 37.2. The zero-order valence-electron chi connectivity index (χ0n) is 37.2. The standard InChI is InChI=1S/C57H30N6O9/c64-55(67-37-11-7-31(8-12-37)48-27-51-45(30-63-48)44-6-3-21-60-54(44)72-51)34-22-35(56(65)68-38-13-17-46(61-28-38)32-9-15-40-42-4-1-19-58-52(42)70-49(40)25-32)24-36(23-34)57(66)69-39-14-18-47(62-29-39)33-10-16-41-43-5-2-20-59-53(43)71-50(41)26-33/h1-30H. The summed E-state index contributed by atoms with van der Waals surface area (Å²) in [5, 5.41) is 5.35. The highest BCUT2D eigenvalue weighted by molar-refractivity contribution is 6.07. The van der Waals surface area contributed by atoms with Gasteiger partial charge < -0.3 is 27.5 Å². The fourth-order valence-corrected chi connectivity index (χ4v) is 8.60. The van der Waals surface area contributed by atoms with Gasteiger partial charge in [-0.3, -0.25) is 15.0 Å². The summed E-state index contributed by atoms with van der Waals surface area (Å²) in [4.78, 5) is 68.2. The van der Waals surface area contributed by atoms with Gasteiger partial charge in [0.2, 0.25) is 17.1 Å². The molecule has 15 nitrogen and oxygen atoms in total. The first kappa shape index (κ1) is 41.8. The minimum Gasteiger partial charge on any atom is -0.438 e. The maximum absolute atomic E-state index is 13.9. The van der Waals surface area contributed by atoms with Gasteiger partial charge in [-0.2, -0.15) is 0 Å². The number of fused-ring (bicyclic) bond motifs is 9. The van der Waals surface area contributed by atoms with Crippen LogP contribution in [0.1, 0.15) is 31.1 Å². The van der Waals surface area contributed by atoms with Crippen LogP contribution in [0.3, 0.4) is 0 Å². The summed E-state index contributed by atoms with van der Waals surface area (Å²) in [7, 11) is 0. The van der Waals surface area contributed by atoms with E-state index in [2.05, 4.69) is 29.9 Å². The molecule has 342 valence electrons. The van der Waals surface area contributed by atoms with E-state index < -0.39 is 17.9 Å². The van der Waals surface area contributed by atoms with Crippen LogP contribution < -0.4 is 14.2 Å². The van der Waals surface area contributed by atoms with Gasteiger partial charge in [-0.05, 0) is 127 Å². The third-order valence-electron chi connectivity index (χ3n) is 12.1. The number of hydrogen-bond acceptors (Lipinski definition) is 15.